The summed E-state index contributed by atoms with van der Waals surface area (Å²) in [6.07, 6.45) is 0. The first-order chi connectivity index (χ1) is 5.99. The lowest BCUT2D eigenvalue weighted by Crippen LogP contribution is -2.38. The van der Waals surface area contributed by atoms with Gasteiger partial charge >= 0.3 is 5.97 Å². The number of hydrogen-bond acceptors (Lipinski definition) is 4. The molecule has 0 aromatic carbocycles. The van der Waals surface area contributed by atoms with Gasteiger partial charge in [0.2, 0.25) is 0 Å². The molecule has 78 valence electrons. The van der Waals surface area contributed by atoms with E-state index in [-0.39, 0.29) is 19.1 Å². The maximum atomic E-state index is 11.1. The SMILES string of the molecule is CC(C)[C@H](N)C(=O)OCC(Cl)CO. The number of rotatable bonds is 5. The summed E-state index contributed by atoms with van der Waals surface area (Å²) in [7, 11) is 0. The molecule has 0 aliphatic carbocycles. The van der Waals surface area contributed by atoms with Crippen LogP contribution < -0.4 is 5.73 Å². The lowest BCUT2D eigenvalue weighted by atomic mass is 10.1. The molecule has 1 unspecified atom stereocenters. The molecule has 0 bridgehead atoms. The van der Waals surface area contributed by atoms with E-state index in [2.05, 4.69) is 0 Å². The van der Waals surface area contributed by atoms with Crippen LogP contribution in [0.25, 0.3) is 0 Å². The Morgan fingerprint density at radius 1 is 1.62 bits per heavy atom. The molecule has 0 aromatic rings. The molecule has 0 aromatic heterocycles. The van der Waals surface area contributed by atoms with Crippen molar-refractivity contribution in [3.05, 3.63) is 0 Å². The van der Waals surface area contributed by atoms with Gasteiger partial charge in [-0.1, -0.05) is 13.8 Å². The Morgan fingerprint density at radius 2 is 2.15 bits per heavy atom. The van der Waals surface area contributed by atoms with Gasteiger partial charge in [0.05, 0.1) is 12.0 Å². The van der Waals surface area contributed by atoms with Crippen molar-refractivity contribution in [1.82, 2.24) is 0 Å². The molecule has 0 amide bonds. The van der Waals surface area contributed by atoms with Crippen molar-refractivity contribution < 1.29 is 14.6 Å². The molecule has 0 aliphatic rings. The third-order valence-electron chi connectivity index (χ3n) is 1.59. The lowest BCUT2D eigenvalue weighted by molar-refractivity contribution is -0.146. The standard InChI is InChI=1S/C8H16ClNO3/c1-5(2)7(10)8(12)13-4-6(9)3-11/h5-7,11H,3-4,10H2,1-2H3/t6?,7-/m0/s1. The molecule has 0 fully saturated rings. The second-order valence-corrected chi connectivity index (χ2v) is 3.80. The zero-order valence-electron chi connectivity index (χ0n) is 7.87. The fourth-order valence-electron chi connectivity index (χ4n) is 0.594. The number of alkyl halides is 1. The third-order valence-corrected chi connectivity index (χ3v) is 1.86. The second-order valence-electron chi connectivity index (χ2n) is 3.18. The summed E-state index contributed by atoms with van der Waals surface area (Å²) in [4.78, 5) is 11.1. The van der Waals surface area contributed by atoms with Crippen molar-refractivity contribution in [2.45, 2.75) is 25.3 Å². The van der Waals surface area contributed by atoms with Crippen LogP contribution in [0.2, 0.25) is 0 Å². The van der Waals surface area contributed by atoms with Crippen molar-refractivity contribution in [3.63, 3.8) is 0 Å². The predicted octanol–water partition coefficient (Wildman–Crippen LogP) is 0.113. The van der Waals surface area contributed by atoms with Gasteiger partial charge in [0.15, 0.2) is 0 Å². The Bertz CT molecular complexity index is 163. The minimum Gasteiger partial charge on any atom is -0.463 e. The molecule has 3 N–H and O–H groups in total. The van der Waals surface area contributed by atoms with Gasteiger partial charge in [-0.3, -0.25) is 4.79 Å². The van der Waals surface area contributed by atoms with E-state index in [1.54, 1.807) is 0 Å². The van der Waals surface area contributed by atoms with Gasteiger partial charge in [0.25, 0.3) is 0 Å². The fraction of sp³-hybridized carbons (Fsp3) is 0.875. The summed E-state index contributed by atoms with van der Waals surface area (Å²) in [5.41, 5.74) is 5.51. The number of nitrogens with two attached hydrogens (primary N) is 1. The fourth-order valence-corrected chi connectivity index (χ4v) is 0.657. The van der Waals surface area contributed by atoms with Crippen LogP contribution in [-0.4, -0.2) is 35.7 Å². The Labute approximate surface area is 83.0 Å². The van der Waals surface area contributed by atoms with E-state index in [0.717, 1.165) is 0 Å². The highest BCUT2D eigenvalue weighted by molar-refractivity contribution is 6.20. The van der Waals surface area contributed by atoms with E-state index in [0.29, 0.717) is 0 Å². The Kier molecular flexibility index (Phi) is 6.03. The zero-order chi connectivity index (χ0) is 10.4. The van der Waals surface area contributed by atoms with Crippen LogP contribution in [0.3, 0.4) is 0 Å². The highest BCUT2D eigenvalue weighted by Gasteiger charge is 2.19. The topological polar surface area (TPSA) is 72.6 Å². The number of esters is 1. The van der Waals surface area contributed by atoms with Crippen LogP contribution in [0.4, 0.5) is 0 Å². The van der Waals surface area contributed by atoms with Gasteiger partial charge < -0.3 is 15.6 Å². The van der Waals surface area contributed by atoms with E-state index >= 15 is 0 Å². The molecule has 4 nitrogen and oxygen atoms in total. The first-order valence-electron chi connectivity index (χ1n) is 4.16. The summed E-state index contributed by atoms with van der Waals surface area (Å²) >= 11 is 5.53. The summed E-state index contributed by atoms with van der Waals surface area (Å²) in [6.45, 7) is 3.44. The summed E-state index contributed by atoms with van der Waals surface area (Å²) < 4.78 is 4.76. The average molecular weight is 210 g/mol. The molecule has 0 saturated heterocycles. The maximum absolute atomic E-state index is 11.1. The average Bonchev–Trinajstić information content (AvgIpc) is 2.11. The Balaban J connectivity index is 3.74. The number of aliphatic hydroxyl groups is 1. The first-order valence-corrected chi connectivity index (χ1v) is 4.59. The number of carbonyl (C=O) groups is 1. The molecule has 2 atom stereocenters. The minimum absolute atomic E-state index is 0.00267. The van der Waals surface area contributed by atoms with Gasteiger partial charge in [0.1, 0.15) is 12.6 Å². The van der Waals surface area contributed by atoms with Gasteiger partial charge in [-0.2, -0.15) is 0 Å². The molecule has 0 radical (unpaired) electrons. The minimum atomic E-state index is -0.623. The van der Waals surface area contributed by atoms with Crippen LogP contribution >= 0.6 is 11.6 Å². The monoisotopic (exact) mass is 209 g/mol. The zero-order valence-corrected chi connectivity index (χ0v) is 8.62. The highest BCUT2D eigenvalue weighted by atomic mass is 35.5. The van der Waals surface area contributed by atoms with Crippen LogP contribution in [0.5, 0.6) is 0 Å². The normalized spacial score (nSPS) is 15.5. The van der Waals surface area contributed by atoms with Crippen molar-refractivity contribution in [2.24, 2.45) is 11.7 Å². The quantitative estimate of drug-likeness (QED) is 0.498. The van der Waals surface area contributed by atoms with E-state index in [1.165, 1.54) is 0 Å². The third kappa shape index (κ3) is 5.08. The van der Waals surface area contributed by atoms with Gasteiger partial charge in [0, 0.05) is 0 Å². The van der Waals surface area contributed by atoms with Crippen molar-refractivity contribution in [1.29, 1.82) is 0 Å². The van der Waals surface area contributed by atoms with Gasteiger partial charge in [-0.05, 0) is 5.92 Å². The lowest BCUT2D eigenvalue weighted by Gasteiger charge is -2.15. The van der Waals surface area contributed by atoms with Gasteiger partial charge in [-0.25, -0.2) is 0 Å². The molecule has 13 heavy (non-hydrogen) atoms. The molecule has 0 rings (SSSR count). The molecular weight excluding hydrogens is 194 g/mol. The number of hydrogen-bond donors (Lipinski definition) is 2. The molecule has 0 aliphatic heterocycles. The van der Waals surface area contributed by atoms with Crippen molar-refractivity contribution in [2.75, 3.05) is 13.2 Å². The van der Waals surface area contributed by atoms with E-state index < -0.39 is 17.4 Å². The van der Waals surface area contributed by atoms with Crippen LogP contribution in [0.15, 0.2) is 0 Å². The number of halogens is 1. The highest BCUT2D eigenvalue weighted by Crippen LogP contribution is 2.02. The molecule has 0 heterocycles. The molecular formula is C8H16ClNO3. The predicted molar refractivity (Wildman–Crippen MR) is 50.5 cm³/mol. The van der Waals surface area contributed by atoms with Crippen molar-refractivity contribution >= 4 is 17.6 Å². The van der Waals surface area contributed by atoms with E-state index in [9.17, 15) is 4.79 Å². The molecule has 0 saturated carbocycles. The van der Waals surface area contributed by atoms with E-state index in [4.69, 9.17) is 27.2 Å². The summed E-state index contributed by atoms with van der Waals surface area (Å²) in [5.74, 6) is -0.440. The number of carbonyl (C=O) groups excluding carboxylic acids is 1. The largest absolute Gasteiger partial charge is 0.463 e. The van der Waals surface area contributed by atoms with E-state index in [1.807, 2.05) is 13.8 Å². The maximum Gasteiger partial charge on any atom is 0.323 e. The second kappa shape index (κ2) is 6.18. The van der Waals surface area contributed by atoms with Crippen molar-refractivity contribution in [3.8, 4) is 0 Å². The van der Waals surface area contributed by atoms with Crippen LogP contribution in [-0.2, 0) is 9.53 Å². The van der Waals surface area contributed by atoms with Crippen LogP contribution in [0, 0.1) is 5.92 Å². The molecule has 5 heteroatoms. The van der Waals surface area contributed by atoms with Gasteiger partial charge in [-0.15, -0.1) is 11.6 Å². The number of ether oxygens (including phenoxy) is 1. The summed E-state index contributed by atoms with van der Waals surface area (Å²) in [6, 6.07) is -0.623. The summed E-state index contributed by atoms with van der Waals surface area (Å²) in [5, 5.41) is 7.99. The molecule has 0 spiro atoms. The first kappa shape index (κ1) is 12.7. The smallest absolute Gasteiger partial charge is 0.323 e. The number of aliphatic hydroxyl groups excluding tert-OH is 1. The van der Waals surface area contributed by atoms with Crippen LogP contribution in [0.1, 0.15) is 13.8 Å². The Morgan fingerprint density at radius 3 is 2.54 bits per heavy atom. The Hall–Kier alpha value is -0.320.